The fourth-order valence-corrected chi connectivity index (χ4v) is 1.84. The lowest BCUT2D eigenvalue weighted by atomic mass is 10.0. The molecule has 2 heteroatoms. The number of carbonyl (C=O) groups excluding carboxylic acids is 1. The van der Waals surface area contributed by atoms with Gasteiger partial charge in [0.15, 0.2) is 0 Å². The second-order valence-corrected chi connectivity index (χ2v) is 3.58. The third-order valence-electron chi connectivity index (χ3n) is 2.41. The zero-order valence-electron chi connectivity index (χ0n) is 7.75. The maximum Gasteiger partial charge on any atom is 0.252 e. The van der Waals surface area contributed by atoms with E-state index in [9.17, 15) is 4.79 Å². The summed E-state index contributed by atoms with van der Waals surface area (Å²) < 4.78 is 0. The van der Waals surface area contributed by atoms with Crippen molar-refractivity contribution in [3.8, 4) is 0 Å². The van der Waals surface area contributed by atoms with Crippen LogP contribution in [0.25, 0.3) is 10.8 Å². The van der Waals surface area contributed by atoms with Crippen LogP contribution in [0.3, 0.4) is 0 Å². The summed E-state index contributed by atoms with van der Waals surface area (Å²) in [5.41, 5.74) is 1.54. The molecule has 1 nitrogen and oxygen atoms in total. The van der Waals surface area contributed by atoms with Crippen molar-refractivity contribution in [3.05, 3.63) is 47.5 Å². The molecule has 0 atom stereocenters. The van der Waals surface area contributed by atoms with E-state index in [1.54, 1.807) is 6.07 Å². The molecule has 0 heterocycles. The third-order valence-corrected chi connectivity index (χ3v) is 2.61. The molecule has 0 aromatic heterocycles. The van der Waals surface area contributed by atoms with Crippen LogP contribution in [0.1, 0.15) is 15.9 Å². The molecule has 0 spiro atoms. The van der Waals surface area contributed by atoms with Crippen LogP contribution in [0, 0.1) is 6.92 Å². The van der Waals surface area contributed by atoms with E-state index < -0.39 is 5.24 Å². The van der Waals surface area contributed by atoms with E-state index in [2.05, 4.69) is 0 Å². The van der Waals surface area contributed by atoms with Gasteiger partial charge in [0.2, 0.25) is 0 Å². The Bertz CT molecular complexity index is 503. The van der Waals surface area contributed by atoms with Crippen molar-refractivity contribution < 1.29 is 4.79 Å². The normalized spacial score (nSPS) is 10.4. The smallest absolute Gasteiger partial charge is 0.252 e. The minimum atomic E-state index is -0.395. The third kappa shape index (κ3) is 1.40. The van der Waals surface area contributed by atoms with Crippen LogP contribution < -0.4 is 0 Å². The van der Waals surface area contributed by atoms with Crippen LogP contribution in [0.5, 0.6) is 0 Å². The second kappa shape index (κ2) is 3.43. The number of hydrogen-bond acceptors (Lipinski definition) is 1. The van der Waals surface area contributed by atoms with E-state index in [1.165, 1.54) is 0 Å². The minimum absolute atomic E-state index is 0.395. The molecule has 0 aliphatic rings. The molecule has 0 amide bonds. The Hall–Kier alpha value is -1.34. The van der Waals surface area contributed by atoms with Crippen LogP contribution in [0.4, 0.5) is 0 Å². The molecule has 14 heavy (non-hydrogen) atoms. The molecule has 0 bridgehead atoms. The maximum atomic E-state index is 11.1. The van der Waals surface area contributed by atoms with Gasteiger partial charge < -0.3 is 0 Å². The largest absolute Gasteiger partial charge is 0.276 e. The Morgan fingerprint density at radius 1 is 1.14 bits per heavy atom. The molecule has 2 aromatic rings. The van der Waals surface area contributed by atoms with Crippen molar-refractivity contribution >= 4 is 27.6 Å². The van der Waals surface area contributed by atoms with Gasteiger partial charge in [-0.2, -0.15) is 0 Å². The molecule has 0 aliphatic carbocycles. The summed E-state index contributed by atoms with van der Waals surface area (Å²) in [6, 6.07) is 11.6. The molecule has 0 saturated carbocycles. The van der Waals surface area contributed by atoms with Gasteiger partial charge in [-0.1, -0.05) is 30.3 Å². The lowest BCUT2D eigenvalue weighted by Crippen LogP contribution is -1.93. The van der Waals surface area contributed by atoms with Gasteiger partial charge in [0.1, 0.15) is 0 Å². The van der Waals surface area contributed by atoms with Crippen molar-refractivity contribution in [2.24, 2.45) is 0 Å². The lowest BCUT2D eigenvalue weighted by Gasteiger charge is -2.05. The van der Waals surface area contributed by atoms with Crippen molar-refractivity contribution in [1.82, 2.24) is 0 Å². The number of fused-ring (bicyclic) bond motifs is 1. The van der Waals surface area contributed by atoms with E-state index in [-0.39, 0.29) is 0 Å². The van der Waals surface area contributed by atoms with Crippen molar-refractivity contribution in [3.63, 3.8) is 0 Å². The first-order valence-electron chi connectivity index (χ1n) is 4.38. The molecule has 0 fully saturated rings. The number of rotatable bonds is 1. The Balaban J connectivity index is 2.81. The molecule has 0 unspecified atom stereocenters. The summed E-state index contributed by atoms with van der Waals surface area (Å²) in [4.78, 5) is 11.1. The van der Waals surface area contributed by atoms with Crippen molar-refractivity contribution in [2.75, 3.05) is 0 Å². The van der Waals surface area contributed by atoms with Gasteiger partial charge in [-0.3, -0.25) is 4.79 Å². The highest BCUT2D eigenvalue weighted by atomic mass is 35.5. The van der Waals surface area contributed by atoms with E-state index >= 15 is 0 Å². The van der Waals surface area contributed by atoms with Gasteiger partial charge in [-0.05, 0) is 40.9 Å². The summed E-state index contributed by atoms with van der Waals surface area (Å²) in [6.07, 6.45) is 0. The molecular weight excluding hydrogens is 196 g/mol. The van der Waals surface area contributed by atoms with Crippen LogP contribution >= 0.6 is 11.6 Å². The predicted octanol–water partition coefficient (Wildman–Crippen LogP) is 3.53. The minimum Gasteiger partial charge on any atom is -0.276 e. The lowest BCUT2D eigenvalue weighted by molar-refractivity contribution is 0.108. The number of carbonyl (C=O) groups is 1. The van der Waals surface area contributed by atoms with Crippen molar-refractivity contribution in [1.29, 1.82) is 0 Å². The first-order chi connectivity index (χ1) is 6.70. The van der Waals surface area contributed by atoms with Crippen LogP contribution in [-0.2, 0) is 0 Å². The second-order valence-electron chi connectivity index (χ2n) is 3.23. The molecule has 0 aliphatic heterocycles. The summed E-state index contributed by atoms with van der Waals surface area (Å²) in [5.74, 6) is 0. The standard InChI is InChI=1S/C12H9ClO/c1-8-10-5-3-2-4-9(10)6-7-11(8)12(13)14/h2-7H,1H3. The SMILES string of the molecule is Cc1c(C(=O)Cl)ccc2ccccc12. The Morgan fingerprint density at radius 3 is 2.57 bits per heavy atom. The zero-order valence-corrected chi connectivity index (χ0v) is 8.51. The molecule has 2 aromatic carbocycles. The first kappa shape index (κ1) is 9.22. The van der Waals surface area contributed by atoms with Crippen molar-refractivity contribution in [2.45, 2.75) is 6.92 Å². The van der Waals surface area contributed by atoms with Gasteiger partial charge >= 0.3 is 0 Å². The highest BCUT2D eigenvalue weighted by Crippen LogP contribution is 2.22. The predicted molar refractivity (Wildman–Crippen MR) is 58.9 cm³/mol. The van der Waals surface area contributed by atoms with Gasteiger partial charge in [0.25, 0.3) is 5.24 Å². The summed E-state index contributed by atoms with van der Waals surface area (Å²) in [7, 11) is 0. The number of hydrogen-bond donors (Lipinski definition) is 0. The van der Waals surface area contributed by atoms with E-state index in [0.29, 0.717) is 5.56 Å². The average molecular weight is 205 g/mol. The van der Waals surface area contributed by atoms with Gasteiger partial charge in [-0.25, -0.2) is 0 Å². The highest BCUT2D eigenvalue weighted by molar-refractivity contribution is 6.68. The molecule has 0 saturated heterocycles. The zero-order chi connectivity index (χ0) is 10.1. The highest BCUT2D eigenvalue weighted by Gasteiger charge is 2.07. The molecular formula is C12H9ClO. The first-order valence-corrected chi connectivity index (χ1v) is 4.76. The van der Waals surface area contributed by atoms with Gasteiger partial charge in [-0.15, -0.1) is 0 Å². The monoisotopic (exact) mass is 204 g/mol. The number of benzene rings is 2. The number of aryl methyl sites for hydroxylation is 1. The Labute approximate surface area is 87.3 Å². The Kier molecular flexibility index (Phi) is 2.26. The Morgan fingerprint density at radius 2 is 1.86 bits per heavy atom. The average Bonchev–Trinajstić information content (AvgIpc) is 2.18. The molecule has 2 rings (SSSR count). The van der Waals surface area contributed by atoms with Crippen LogP contribution in [0.2, 0.25) is 0 Å². The van der Waals surface area contributed by atoms with Gasteiger partial charge in [0.05, 0.1) is 0 Å². The van der Waals surface area contributed by atoms with E-state index in [0.717, 1.165) is 16.3 Å². The maximum absolute atomic E-state index is 11.1. The summed E-state index contributed by atoms with van der Waals surface area (Å²) >= 11 is 5.47. The fraction of sp³-hybridized carbons (Fsp3) is 0.0833. The number of halogens is 1. The molecule has 0 N–H and O–H groups in total. The fourth-order valence-electron chi connectivity index (χ4n) is 1.64. The quantitative estimate of drug-likeness (QED) is 0.650. The van der Waals surface area contributed by atoms with Crippen LogP contribution in [-0.4, -0.2) is 5.24 Å². The molecule has 70 valence electrons. The van der Waals surface area contributed by atoms with Gasteiger partial charge in [0, 0.05) is 5.56 Å². The van der Waals surface area contributed by atoms with E-state index in [1.807, 2.05) is 37.3 Å². The molecule has 0 radical (unpaired) electrons. The summed E-state index contributed by atoms with van der Waals surface area (Å²) in [5, 5.41) is 1.82. The van der Waals surface area contributed by atoms with E-state index in [4.69, 9.17) is 11.6 Å². The topological polar surface area (TPSA) is 17.1 Å². The summed E-state index contributed by atoms with van der Waals surface area (Å²) in [6.45, 7) is 1.91. The van der Waals surface area contributed by atoms with Crippen LogP contribution in [0.15, 0.2) is 36.4 Å².